The van der Waals surface area contributed by atoms with E-state index in [2.05, 4.69) is 45.4 Å². The lowest BCUT2D eigenvalue weighted by Crippen LogP contribution is -2.43. The summed E-state index contributed by atoms with van der Waals surface area (Å²) in [4.78, 5) is 6.83. The minimum atomic E-state index is 0.464. The molecule has 0 bridgehead atoms. The number of hydrogen-bond donors (Lipinski definition) is 1. The first kappa shape index (κ1) is 14.5. The largest absolute Gasteiger partial charge is 0.369 e. The molecule has 0 aliphatic carbocycles. The average Bonchev–Trinajstić information content (AvgIpc) is 2.98. The van der Waals surface area contributed by atoms with Crippen LogP contribution in [0.15, 0.2) is 36.5 Å². The van der Waals surface area contributed by atoms with Gasteiger partial charge in [-0.15, -0.1) is 0 Å². The minimum Gasteiger partial charge on any atom is -0.369 e. The highest BCUT2D eigenvalue weighted by Gasteiger charge is 2.14. The van der Waals surface area contributed by atoms with Crippen molar-refractivity contribution in [2.75, 3.05) is 31.1 Å². The van der Waals surface area contributed by atoms with Crippen LogP contribution in [-0.2, 0) is 0 Å². The number of piperazine rings is 1. The molecule has 4 rings (SSSR count). The van der Waals surface area contributed by atoms with Crippen molar-refractivity contribution in [3.63, 3.8) is 0 Å². The lowest BCUT2D eigenvalue weighted by molar-refractivity contribution is 0.588. The maximum absolute atomic E-state index is 6.02. The molecule has 1 fully saturated rings. The number of aromatic nitrogens is 3. The van der Waals surface area contributed by atoms with E-state index in [1.165, 1.54) is 11.3 Å². The van der Waals surface area contributed by atoms with E-state index in [1.807, 2.05) is 12.3 Å². The Balaban J connectivity index is 1.74. The molecule has 0 unspecified atom stereocenters. The monoisotopic (exact) mass is 327 g/mol. The smallest absolute Gasteiger partial charge is 0.154 e. The van der Waals surface area contributed by atoms with Crippen LogP contribution >= 0.6 is 11.6 Å². The van der Waals surface area contributed by atoms with Crippen LogP contribution in [0.4, 0.5) is 5.69 Å². The van der Waals surface area contributed by atoms with Gasteiger partial charge in [0, 0.05) is 37.4 Å². The van der Waals surface area contributed by atoms with E-state index in [9.17, 15) is 0 Å². The lowest BCUT2D eigenvalue weighted by Gasteiger charge is -2.30. The van der Waals surface area contributed by atoms with Gasteiger partial charge in [0.2, 0.25) is 0 Å². The molecule has 6 heteroatoms. The molecular formula is C17H18ClN5. The Hall–Kier alpha value is -2.11. The quantitative estimate of drug-likeness (QED) is 0.786. The van der Waals surface area contributed by atoms with Crippen molar-refractivity contribution in [2.45, 2.75) is 6.92 Å². The van der Waals surface area contributed by atoms with Crippen LogP contribution < -0.4 is 10.2 Å². The van der Waals surface area contributed by atoms with Crippen molar-refractivity contribution < 1.29 is 0 Å². The molecule has 1 aliphatic heterocycles. The number of halogens is 1. The number of imidazole rings is 1. The Morgan fingerprint density at radius 2 is 1.96 bits per heavy atom. The van der Waals surface area contributed by atoms with Gasteiger partial charge in [-0.3, -0.25) is 0 Å². The molecule has 3 aromatic rings. The van der Waals surface area contributed by atoms with E-state index in [0.717, 1.165) is 43.1 Å². The van der Waals surface area contributed by atoms with E-state index in [0.29, 0.717) is 5.15 Å². The van der Waals surface area contributed by atoms with E-state index in [-0.39, 0.29) is 0 Å². The van der Waals surface area contributed by atoms with E-state index >= 15 is 0 Å². The Morgan fingerprint density at radius 3 is 2.74 bits per heavy atom. The normalized spacial score (nSPS) is 15.3. The number of fused-ring (bicyclic) bond motifs is 1. The van der Waals surface area contributed by atoms with Crippen molar-refractivity contribution in [2.24, 2.45) is 0 Å². The van der Waals surface area contributed by atoms with Gasteiger partial charge < -0.3 is 10.2 Å². The molecule has 1 aromatic carbocycles. The van der Waals surface area contributed by atoms with Crippen LogP contribution in [0.25, 0.3) is 16.9 Å². The molecule has 1 saturated heterocycles. The number of benzene rings is 1. The van der Waals surface area contributed by atoms with Gasteiger partial charge in [-0.05, 0) is 36.8 Å². The van der Waals surface area contributed by atoms with Crippen molar-refractivity contribution in [1.82, 2.24) is 19.9 Å². The SMILES string of the molecule is Cc1cc(-c2cnc3ccc(Cl)nn23)ccc1N1CCNCC1. The fourth-order valence-corrected chi connectivity index (χ4v) is 3.26. The number of nitrogens with one attached hydrogen (secondary N) is 1. The predicted octanol–water partition coefficient (Wildman–Crippen LogP) is 2.77. The molecule has 3 heterocycles. The van der Waals surface area contributed by atoms with Crippen molar-refractivity contribution >= 4 is 22.9 Å². The number of hydrogen-bond acceptors (Lipinski definition) is 4. The third-order valence-corrected chi connectivity index (χ3v) is 4.48. The van der Waals surface area contributed by atoms with Gasteiger partial charge in [-0.25, -0.2) is 9.50 Å². The van der Waals surface area contributed by atoms with Crippen molar-refractivity contribution in [3.05, 3.63) is 47.2 Å². The summed E-state index contributed by atoms with van der Waals surface area (Å²) in [6, 6.07) is 10.2. The van der Waals surface area contributed by atoms with Crippen LogP contribution in [0.3, 0.4) is 0 Å². The first-order valence-corrected chi connectivity index (χ1v) is 8.17. The van der Waals surface area contributed by atoms with E-state index < -0.39 is 0 Å². The van der Waals surface area contributed by atoms with Gasteiger partial charge >= 0.3 is 0 Å². The van der Waals surface area contributed by atoms with Crippen LogP contribution in [0.1, 0.15) is 5.56 Å². The first-order valence-electron chi connectivity index (χ1n) is 7.79. The molecule has 2 aromatic heterocycles. The summed E-state index contributed by atoms with van der Waals surface area (Å²) in [5, 5.41) is 8.21. The van der Waals surface area contributed by atoms with E-state index in [4.69, 9.17) is 11.6 Å². The molecule has 0 spiro atoms. The summed E-state index contributed by atoms with van der Waals surface area (Å²) < 4.78 is 1.79. The summed E-state index contributed by atoms with van der Waals surface area (Å²) in [5.74, 6) is 0. The Kier molecular flexibility index (Phi) is 3.67. The van der Waals surface area contributed by atoms with Gasteiger partial charge in [0.1, 0.15) is 5.15 Å². The van der Waals surface area contributed by atoms with Crippen LogP contribution in [0.2, 0.25) is 5.15 Å². The molecule has 0 amide bonds. The molecule has 1 aliphatic rings. The second kappa shape index (κ2) is 5.83. The zero-order valence-electron chi connectivity index (χ0n) is 13.0. The van der Waals surface area contributed by atoms with Gasteiger partial charge in [-0.1, -0.05) is 17.7 Å². The molecule has 0 atom stereocenters. The van der Waals surface area contributed by atoms with Crippen LogP contribution in [-0.4, -0.2) is 40.8 Å². The van der Waals surface area contributed by atoms with Gasteiger partial charge in [0.15, 0.2) is 5.65 Å². The first-order chi connectivity index (χ1) is 11.2. The molecule has 1 N–H and O–H groups in total. The maximum Gasteiger partial charge on any atom is 0.154 e. The zero-order chi connectivity index (χ0) is 15.8. The lowest BCUT2D eigenvalue weighted by atomic mass is 10.1. The Labute approximate surface area is 139 Å². The summed E-state index contributed by atoms with van der Waals surface area (Å²) in [6.45, 7) is 6.33. The summed E-state index contributed by atoms with van der Waals surface area (Å²) in [5.41, 5.74) is 5.42. The van der Waals surface area contributed by atoms with Crippen LogP contribution in [0.5, 0.6) is 0 Å². The molecule has 23 heavy (non-hydrogen) atoms. The minimum absolute atomic E-state index is 0.464. The van der Waals surface area contributed by atoms with Crippen LogP contribution in [0, 0.1) is 6.92 Å². The number of anilines is 1. The summed E-state index contributed by atoms with van der Waals surface area (Å²) >= 11 is 6.02. The van der Waals surface area contributed by atoms with Crippen molar-refractivity contribution in [1.29, 1.82) is 0 Å². The summed E-state index contributed by atoms with van der Waals surface area (Å²) in [7, 11) is 0. The van der Waals surface area contributed by atoms with Gasteiger partial charge in [0.25, 0.3) is 0 Å². The molecular weight excluding hydrogens is 310 g/mol. The second-order valence-corrected chi connectivity index (χ2v) is 6.20. The maximum atomic E-state index is 6.02. The topological polar surface area (TPSA) is 45.5 Å². The fourth-order valence-electron chi connectivity index (χ4n) is 3.12. The number of rotatable bonds is 2. The zero-order valence-corrected chi connectivity index (χ0v) is 13.7. The molecule has 118 valence electrons. The highest BCUT2D eigenvalue weighted by atomic mass is 35.5. The predicted molar refractivity (Wildman–Crippen MR) is 93.3 cm³/mol. The standard InChI is InChI=1S/C17H18ClN5/c1-12-10-13(2-3-14(12)22-8-6-19-7-9-22)15-11-20-17-5-4-16(18)21-23(15)17/h2-5,10-11,19H,6-9H2,1H3. The average molecular weight is 328 g/mol. The molecule has 0 radical (unpaired) electrons. The highest BCUT2D eigenvalue weighted by Crippen LogP contribution is 2.28. The van der Waals surface area contributed by atoms with E-state index in [1.54, 1.807) is 10.6 Å². The fraction of sp³-hybridized carbons (Fsp3) is 0.294. The second-order valence-electron chi connectivity index (χ2n) is 5.81. The van der Waals surface area contributed by atoms with Gasteiger partial charge in [0.05, 0.1) is 11.9 Å². The highest BCUT2D eigenvalue weighted by molar-refractivity contribution is 6.29. The third kappa shape index (κ3) is 2.66. The summed E-state index contributed by atoms with van der Waals surface area (Å²) in [6.07, 6.45) is 1.85. The molecule has 5 nitrogen and oxygen atoms in total. The number of aryl methyl sites for hydroxylation is 1. The third-order valence-electron chi connectivity index (χ3n) is 4.28. The van der Waals surface area contributed by atoms with Gasteiger partial charge in [-0.2, -0.15) is 5.10 Å². The van der Waals surface area contributed by atoms with Crippen molar-refractivity contribution in [3.8, 4) is 11.3 Å². The Bertz CT molecular complexity index is 851. The molecule has 0 saturated carbocycles. The number of nitrogens with zero attached hydrogens (tertiary/aromatic N) is 4. The Morgan fingerprint density at radius 1 is 1.13 bits per heavy atom.